The Kier molecular flexibility index (Phi) is 7.79. The highest BCUT2D eigenvalue weighted by Crippen LogP contribution is 2.28. The van der Waals surface area contributed by atoms with E-state index in [1.54, 1.807) is 25.3 Å². The molecule has 0 atom stereocenters. The average Bonchev–Trinajstić information content (AvgIpc) is 3.72. The van der Waals surface area contributed by atoms with Crippen LogP contribution in [0.15, 0.2) is 53.6 Å². The molecule has 1 heterocycles. The molecule has 4 rings (SSSR count). The highest BCUT2D eigenvalue weighted by molar-refractivity contribution is 7.90. The number of aromatic nitrogens is 2. The number of nitrogens with zero attached hydrogens (tertiary/aromatic N) is 2. The van der Waals surface area contributed by atoms with Gasteiger partial charge in [-0.25, -0.2) is 26.5 Å². The normalized spacial score (nSPS) is 13.6. The zero-order chi connectivity index (χ0) is 26.6. The predicted octanol–water partition coefficient (Wildman–Crippen LogP) is 3.07. The number of terminal acetylenes is 1. The van der Waals surface area contributed by atoms with Gasteiger partial charge in [0.25, 0.3) is 0 Å². The third-order valence-electron chi connectivity index (χ3n) is 5.73. The third-order valence-corrected chi connectivity index (χ3v) is 9.17. The Morgan fingerprint density at radius 1 is 0.946 bits per heavy atom. The van der Waals surface area contributed by atoms with Crippen LogP contribution in [0.2, 0.25) is 0 Å². The molecule has 1 aliphatic rings. The van der Waals surface area contributed by atoms with Crippen molar-refractivity contribution in [2.24, 2.45) is 0 Å². The summed E-state index contributed by atoms with van der Waals surface area (Å²) in [7, 11) is -7.00. The average molecular weight is 541 g/mol. The van der Waals surface area contributed by atoms with E-state index in [0.29, 0.717) is 17.1 Å². The van der Waals surface area contributed by atoms with E-state index in [-0.39, 0.29) is 29.2 Å². The van der Waals surface area contributed by atoms with Crippen molar-refractivity contribution in [2.75, 3.05) is 17.2 Å². The van der Waals surface area contributed by atoms with E-state index >= 15 is 0 Å². The van der Waals surface area contributed by atoms with E-state index in [1.165, 1.54) is 6.07 Å². The van der Waals surface area contributed by atoms with Crippen molar-refractivity contribution in [3.63, 3.8) is 0 Å². The lowest BCUT2D eigenvalue weighted by Gasteiger charge is -2.13. The van der Waals surface area contributed by atoms with E-state index in [2.05, 4.69) is 36.0 Å². The molecule has 1 saturated carbocycles. The van der Waals surface area contributed by atoms with Crippen LogP contribution in [0.5, 0.6) is 0 Å². The van der Waals surface area contributed by atoms with Gasteiger partial charge in [-0.2, -0.15) is 9.71 Å². The summed E-state index contributed by atoms with van der Waals surface area (Å²) in [5, 5.41) is 6.04. The van der Waals surface area contributed by atoms with Gasteiger partial charge >= 0.3 is 0 Å². The molecule has 0 unspecified atom stereocenters. The fraction of sp³-hybridized carbons (Fsp3) is 0.280. The van der Waals surface area contributed by atoms with Gasteiger partial charge in [0, 0.05) is 29.7 Å². The molecular weight excluding hydrogens is 512 g/mol. The number of aryl methyl sites for hydroxylation is 2. The Labute approximate surface area is 217 Å². The third kappa shape index (κ3) is 6.84. The van der Waals surface area contributed by atoms with Crippen molar-refractivity contribution >= 4 is 43.2 Å². The van der Waals surface area contributed by atoms with Crippen LogP contribution in [0.4, 0.5) is 23.1 Å². The minimum absolute atomic E-state index is 0.105. The van der Waals surface area contributed by atoms with Crippen LogP contribution in [0.3, 0.4) is 0 Å². The molecule has 0 radical (unpaired) electrons. The summed E-state index contributed by atoms with van der Waals surface area (Å²) in [6, 6.07) is 12.3. The van der Waals surface area contributed by atoms with Gasteiger partial charge in [0.1, 0.15) is 5.82 Å². The largest absolute Gasteiger partial charge is 0.340 e. The molecule has 1 aromatic heterocycles. The summed E-state index contributed by atoms with van der Waals surface area (Å²) in [4.78, 5) is 8.94. The maximum absolute atomic E-state index is 12.6. The molecule has 1 aliphatic carbocycles. The molecule has 0 aliphatic heterocycles. The first-order chi connectivity index (χ1) is 17.6. The van der Waals surface area contributed by atoms with Gasteiger partial charge in [-0.1, -0.05) is 24.1 Å². The van der Waals surface area contributed by atoms with Crippen LogP contribution >= 0.6 is 0 Å². The molecule has 4 N–H and O–H groups in total. The maximum Gasteiger partial charge on any atom is 0.241 e. The standard InChI is InChI=1S/C25H28N6O4S2/c1-4-13-27-37(34,35)23-14-21(8-5-17(23)2)30-25-26-15-18(3)24(31-25)29-20-9-6-19(7-10-20)16-28-36(32,33)22-11-12-22/h1,5-10,14-15,22,27-28H,11-13,16H2,2-3H3,(H2,26,29,30,31). The van der Waals surface area contributed by atoms with E-state index < -0.39 is 20.0 Å². The number of hydrogen-bond acceptors (Lipinski definition) is 8. The molecule has 0 amide bonds. The zero-order valence-corrected chi connectivity index (χ0v) is 22.1. The second-order valence-electron chi connectivity index (χ2n) is 8.75. The summed E-state index contributed by atoms with van der Waals surface area (Å²) in [6.07, 6.45) is 8.28. The van der Waals surface area contributed by atoms with Crippen LogP contribution in [0.25, 0.3) is 0 Å². The Morgan fingerprint density at radius 2 is 1.65 bits per heavy atom. The SMILES string of the molecule is C#CCNS(=O)(=O)c1cc(Nc2ncc(C)c(Nc3ccc(CNS(=O)(=O)C4CC4)cc3)n2)ccc1C. The van der Waals surface area contributed by atoms with Crippen LogP contribution in [-0.4, -0.2) is 38.6 Å². The van der Waals surface area contributed by atoms with Gasteiger partial charge in [0.2, 0.25) is 26.0 Å². The molecule has 3 aromatic rings. The minimum Gasteiger partial charge on any atom is -0.340 e. The fourth-order valence-corrected chi connectivity index (χ4v) is 6.03. The molecule has 37 heavy (non-hydrogen) atoms. The second-order valence-corrected chi connectivity index (χ2v) is 12.5. The fourth-order valence-electron chi connectivity index (χ4n) is 3.46. The van der Waals surface area contributed by atoms with Crippen molar-refractivity contribution in [3.8, 4) is 12.3 Å². The van der Waals surface area contributed by atoms with Crippen LogP contribution in [-0.2, 0) is 26.6 Å². The lowest BCUT2D eigenvalue weighted by molar-refractivity contribution is 0.579. The van der Waals surface area contributed by atoms with Gasteiger partial charge in [-0.3, -0.25) is 0 Å². The van der Waals surface area contributed by atoms with Crippen LogP contribution in [0.1, 0.15) is 29.5 Å². The smallest absolute Gasteiger partial charge is 0.241 e. The minimum atomic E-state index is -3.76. The van der Waals surface area contributed by atoms with Gasteiger partial charge < -0.3 is 10.6 Å². The molecule has 1 fully saturated rings. The van der Waals surface area contributed by atoms with E-state index in [9.17, 15) is 16.8 Å². The highest BCUT2D eigenvalue weighted by Gasteiger charge is 2.35. The Balaban J connectivity index is 1.45. The first-order valence-electron chi connectivity index (χ1n) is 11.6. The Bertz CT molecular complexity index is 1540. The topological polar surface area (TPSA) is 142 Å². The molecular formula is C25H28N6O4S2. The summed E-state index contributed by atoms with van der Waals surface area (Å²) >= 11 is 0. The van der Waals surface area contributed by atoms with Crippen molar-refractivity contribution in [1.29, 1.82) is 0 Å². The number of anilines is 4. The molecule has 12 heteroatoms. The van der Waals surface area contributed by atoms with Crippen molar-refractivity contribution < 1.29 is 16.8 Å². The van der Waals surface area contributed by atoms with Gasteiger partial charge in [0.15, 0.2) is 0 Å². The molecule has 194 valence electrons. The van der Waals surface area contributed by atoms with E-state index in [4.69, 9.17) is 6.42 Å². The quantitative estimate of drug-likeness (QED) is 0.272. The van der Waals surface area contributed by atoms with Gasteiger partial charge in [-0.05, 0) is 62.1 Å². The second kappa shape index (κ2) is 10.9. The number of hydrogen-bond donors (Lipinski definition) is 4. The molecule has 10 nitrogen and oxygen atoms in total. The molecule has 0 bridgehead atoms. The van der Waals surface area contributed by atoms with Crippen molar-refractivity contribution in [2.45, 2.75) is 43.4 Å². The number of rotatable bonds is 11. The molecule has 2 aromatic carbocycles. The molecule has 0 saturated heterocycles. The summed E-state index contributed by atoms with van der Waals surface area (Å²) in [6.45, 7) is 3.70. The van der Waals surface area contributed by atoms with E-state index in [1.807, 2.05) is 31.2 Å². The lowest BCUT2D eigenvalue weighted by atomic mass is 10.2. The predicted molar refractivity (Wildman–Crippen MR) is 144 cm³/mol. The first kappa shape index (κ1) is 26.6. The van der Waals surface area contributed by atoms with Crippen LogP contribution < -0.4 is 20.1 Å². The summed E-state index contributed by atoms with van der Waals surface area (Å²) in [5.41, 5.74) is 3.49. The number of benzene rings is 2. The first-order valence-corrected chi connectivity index (χ1v) is 14.6. The molecule has 0 spiro atoms. The number of sulfonamides is 2. The lowest BCUT2D eigenvalue weighted by Crippen LogP contribution is -2.26. The van der Waals surface area contributed by atoms with Crippen molar-refractivity contribution in [3.05, 3.63) is 65.4 Å². The zero-order valence-electron chi connectivity index (χ0n) is 20.4. The van der Waals surface area contributed by atoms with Crippen LogP contribution in [0, 0.1) is 26.2 Å². The number of nitrogens with one attached hydrogen (secondary N) is 4. The summed E-state index contributed by atoms with van der Waals surface area (Å²) in [5.74, 6) is 3.11. The van der Waals surface area contributed by atoms with Crippen molar-refractivity contribution in [1.82, 2.24) is 19.4 Å². The monoisotopic (exact) mass is 540 g/mol. The van der Waals surface area contributed by atoms with Gasteiger partial charge in [-0.15, -0.1) is 6.42 Å². The highest BCUT2D eigenvalue weighted by atomic mass is 32.2. The van der Waals surface area contributed by atoms with E-state index in [0.717, 1.165) is 29.7 Å². The Hall–Kier alpha value is -3.50. The maximum atomic E-state index is 12.6. The summed E-state index contributed by atoms with van der Waals surface area (Å²) < 4.78 is 54.2. The van der Waals surface area contributed by atoms with Gasteiger partial charge in [0.05, 0.1) is 16.7 Å². The Morgan fingerprint density at radius 3 is 2.32 bits per heavy atom.